The summed E-state index contributed by atoms with van der Waals surface area (Å²) in [7, 11) is 0. The minimum atomic E-state index is -0.738. The normalized spacial score (nSPS) is 16.1. The van der Waals surface area contributed by atoms with Gasteiger partial charge in [0.2, 0.25) is 5.91 Å². The van der Waals surface area contributed by atoms with Crippen LogP contribution in [0.5, 0.6) is 0 Å². The summed E-state index contributed by atoms with van der Waals surface area (Å²) in [6, 6.07) is 0. The van der Waals surface area contributed by atoms with Crippen LogP contribution in [0.15, 0.2) is 0 Å². The number of carboxylic acid groups (broad SMARTS) is 1. The monoisotopic (exact) mass is 303 g/mol. The molecule has 0 heterocycles. The smallest absolute Gasteiger partial charge is 0.303 e. The summed E-state index contributed by atoms with van der Waals surface area (Å²) in [5.74, 6) is 0.457. The van der Waals surface area contributed by atoms with E-state index in [0.29, 0.717) is 18.9 Å². The quantitative estimate of drug-likeness (QED) is 0.570. The van der Waals surface area contributed by atoms with Crippen molar-refractivity contribution in [3.8, 4) is 0 Å². The van der Waals surface area contributed by atoms with Crippen molar-refractivity contribution in [2.45, 2.75) is 45.6 Å². The van der Waals surface area contributed by atoms with Crippen LogP contribution in [-0.2, 0) is 14.3 Å². The molecule has 1 rings (SSSR count). The number of ether oxygens (including phenoxy) is 1. The molecule has 0 aliphatic heterocycles. The standard InChI is InChI=1S/C14H25NO4S/c1-11(2)19-7-3-6-15-12(16)9-20-10-14(4-5-14)8-13(17)18/h11H,3-10H2,1-2H3,(H,15,16)(H,17,18). The Morgan fingerprint density at radius 2 is 2.10 bits per heavy atom. The molecule has 0 aromatic rings. The first-order valence-electron chi connectivity index (χ1n) is 7.11. The Morgan fingerprint density at radius 3 is 2.65 bits per heavy atom. The van der Waals surface area contributed by atoms with Crippen LogP contribution in [0.25, 0.3) is 0 Å². The van der Waals surface area contributed by atoms with Crippen molar-refractivity contribution in [3.05, 3.63) is 0 Å². The maximum atomic E-state index is 11.6. The molecule has 6 heteroatoms. The number of thioether (sulfide) groups is 1. The fourth-order valence-electron chi connectivity index (χ4n) is 1.90. The van der Waals surface area contributed by atoms with Crippen LogP contribution >= 0.6 is 11.8 Å². The Bertz CT molecular complexity index is 329. The van der Waals surface area contributed by atoms with Gasteiger partial charge in [-0.2, -0.15) is 11.8 Å². The van der Waals surface area contributed by atoms with Gasteiger partial charge in [-0.05, 0) is 44.3 Å². The predicted octanol–water partition coefficient (Wildman–Crippen LogP) is 1.91. The molecular formula is C14H25NO4S. The average molecular weight is 303 g/mol. The second kappa shape index (κ2) is 8.52. The summed E-state index contributed by atoms with van der Waals surface area (Å²) >= 11 is 1.53. The van der Waals surface area contributed by atoms with E-state index in [1.165, 1.54) is 11.8 Å². The number of carbonyl (C=O) groups excluding carboxylic acids is 1. The van der Waals surface area contributed by atoms with E-state index in [2.05, 4.69) is 5.32 Å². The minimum Gasteiger partial charge on any atom is -0.481 e. The number of carbonyl (C=O) groups is 2. The van der Waals surface area contributed by atoms with Crippen molar-refractivity contribution >= 4 is 23.6 Å². The van der Waals surface area contributed by atoms with E-state index in [1.54, 1.807) is 0 Å². The van der Waals surface area contributed by atoms with Crippen LogP contribution in [0.2, 0.25) is 0 Å². The van der Waals surface area contributed by atoms with Gasteiger partial charge in [0, 0.05) is 13.2 Å². The molecule has 2 N–H and O–H groups in total. The lowest BCUT2D eigenvalue weighted by atomic mass is 10.1. The molecule has 0 aromatic carbocycles. The van der Waals surface area contributed by atoms with Gasteiger partial charge in [0.1, 0.15) is 0 Å². The third kappa shape index (κ3) is 7.75. The van der Waals surface area contributed by atoms with Gasteiger partial charge in [-0.1, -0.05) is 0 Å². The summed E-state index contributed by atoms with van der Waals surface area (Å²) < 4.78 is 5.38. The van der Waals surface area contributed by atoms with Crippen LogP contribution in [0.4, 0.5) is 0 Å². The second-order valence-electron chi connectivity index (χ2n) is 5.69. The predicted molar refractivity (Wildman–Crippen MR) is 80.0 cm³/mol. The molecule has 116 valence electrons. The topological polar surface area (TPSA) is 75.6 Å². The van der Waals surface area contributed by atoms with Crippen molar-refractivity contribution in [1.82, 2.24) is 5.32 Å². The third-order valence-electron chi connectivity index (χ3n) is 3.22. The Labute approximate surface area is 124 Å². The molecule has 0 bridgehead atoms. The molecule has 0 spiro atoms. The van der Waals surface area contributed by atoms with Crippen molar-refractivity contribution < 1.29 is 19.4 Å². The lowest BCUT2D eigenvalue weighted by Gasteiger charge is -2.12. The van der Waals surface area contributed by atoms with Crippen LogP contribution in [0.1, 0.15) is 39.5 Å². The fraction of sp³-hybridized carbons (Fsp3) is 0.857. The van der Waals surface area contributed by atoms with Gasteiger partial charge in [-0.15, -0.1) is 0 Å². The number of hydrogen-bond acceptors (Lipinski definition) is 4. The molecule has 0 unspecified atom stereocenters. The van der Waals surface area contributed by atoms with E-state index in [9.17, 15) is 9.59 Å². The summed E-state index contributed by atoms with van der Waals surface area (Å²) in [4.78, 5) is 22.3. The molecule has 1 saturated carbocycles. The maximum absolute atomic E-state index is 11.6. The number of nitrogens with one attached hydrogen (secondary N) is 1. The summed E-state index contributed by atoms with van der Waals surface area (Å²) in [6.45, 7) is 5.26. The molecule has 5 nitrogen and oxygen atoms in total. The molecule has 1 amide bonds. The van der Waals surface area contributed by atoms with E-state index >= 15 is 0 Å². The molecule has 1 aliphatic carbocycles. The molecule has 1 fully saturated rings. The van der Waals surface area contributed by atoms with E-state index in [1.807, 2.05) is 13.8 Å². The summed E-state index contributed by atoms with van der Waals surface area (Å²) in [5, 5.41) is 11.7. The largest absolute Gasteiger partial charge is 0.481 e. The van der Waals surface area contributed by atoms with E-state index in [4.69, 9.17) is 9.84 Å². The maximum Gasteiger partial charge on any atom is 0.303 e. The highest BCUT2D eigenvalue weighted by atomic mass is 32.2. The van der Waals surface area contributed by atoms with Crippen molar-refractivity contribution in [2.24, 2.45) is 5.41 Å². The number of rotatable bonds is 11. The molecule has 0 aromatic heterocycles. The zero-order valence-electron chi connectivity index (χ0n) is 12.3. The molecule has 0 saturated heterocycles. The van der Waals surface area contributed by atoms with E-state index < -0.39 is 5.97 Å². The van der Waals surface area contributed by atoms with Crippen LogP contribution in [0.3, 0.4) is 0 Å². The van der Waals surface area contributed by atoms with Gasteiger partial charge in [-0.25, -0.2) is 0 Å². The lowest BCUT2D eigenvalue weighted by Crippen LogP contribution is -2.27. The molecular weight excluding hydrogens is 278 g/mol. The summed E-state index contributed by atoms with van der Waals surface area (Å²) in [6.07, 6.45) is 3.22. The van der Waals surface area contributed by atoms with E-state index in [-0.39, 0.29) is 23.8 Å². The van der Waals surface area contributed by atoms with Gasteiger partial charge in [0.05, 0.1) is 18.3 Å². The van der Waals surface area contributed by atoms with Gasteiger partial charge < -0.3 is 15.2 Å². The Balaban J connectivity index is 1.99. The zero-order valence-corrected chi connectivity index (χ0v) is 13.1. The third-order valence-corrected chi connectivity index (χ3v) is 4.50. The average Bonchev–Trinajstić information content (AvgIpc) is 3.07. The fourth-order valence-corrected chi connectivity index (χ4v) is 3.11. The molecule has 20 heavy (non-hydrogen) atoms. The molecule has 0 radical (unpaired) electrons. The highest BCUT2D eigenvalue weighted by Gasteiger charge is 2.44. The Kier molecular flexibility index (Phi) is 7.37. The van der Waals surface area contributed by atoms with Gasteiger partial charge >= 0.3 is 5.97 Å². The van der Waals surface area contributed by atoms with Crippen molar-refractivity contribution in [2.75, 3.05) is 24.7 Å². The number of carboxylic acids is 1. The zero-order chi connectivity index (χ0) is 15.0. The van der Waals surface area contributed by atoms with Gasteiger partial charge in [-0.3, -0.25) is 9.59 Å². The van der Waals surface area contributed by atoms with Crippen LogP contribution < -0.4 is 5.32 Å². The first-order valence-corrected chi connectivity index (χ1v) is 8.27. The molecule has 0 atom stereocenters. The summed E-state index contributed by atoms with van der Waals surface area (Å²) in [5.41, 5.74) is -0.0398. The second-order valence-corrected chi connectivity index (χ2v) is 6.67. The van der Waals surface area contributed by atoms with E-state index in [0.717, 1.165) is 25.0 Å². The number of amides is 1. The molecule has 1 aliphatic rings. The highest BCUT2D eigenvalue weighted by Crippen LogP contribution is 2.50. The number of hydrogen-bond donors (Lipinski definition) is 2. The number of aliphatic carboxylic acids is 1. The minimum absolute atomic E-state index is 0.0191. The first kappa shape index (κ1) is 17.3. The Morgan fingerprint density at radius 1 is 1.40 bits per heavy atom. The lowest BCUT2D eigenvalue weighted by molar-refractivity contribution is -0.138. The highest BCUT2D eigenvalue weighted by molar-refractivity contribution is 7.99. The SMILES string of the molecule is CC(C)OCCCNC(=O)CSCC1(CC(=O)O)CC1. The van der Waals surface area contributed by atoms with Crippen molar-refractivity contribution in [1.29, 1.82) is 0 Å². The first-order chi connectivity index (χ1) is 9.43. The Hall–Kier alpha value is -0.750. The van der Waals surface area contributed by atoms with Crippen LogP contribution in [-0.4, -0.2) is 47.7 Å². The van der Waals surface area contributed by atoms with Gasteiger partial charge in [0.15, 0.2) is 0 Å². The van der Waals surface area contributed by atoms with Crippen LogP contribution in [0, 0.1) is 5.41 Å². The van der Waals surface area contributed by atoms with Crippen molar-refractivity contribution in [3.63, 3.8) is 0 Å². The van der Waals surface area contributed by atoms with Gasteiger partial charge in [0.25, 0.3) is 0 Å².